The first-order chi connectivity index (χ1) is 28.8. The average molecular weight is 846 g/mol. The van der Waals surface area contributed by atoms with Crippen LogP contribution in [0.5, 0.6) is 0 Å². The van der Waals surface area contributed by atoms with Crippen LogP contribution in [0.1, 0.15) is 90.5 Å². The smallest absolute Gasteiger partial charge is 0.332 e. The number of aliphatic hydroxyl groups excluding tert-OH is 5. The number of ether oxygens (including phenoxy) is 4. The van der Waals surface area contributed by atoms with Crippen molar-refractivity contribution in [1.82, 2.24) is 20.3 Å². The Morgan fingerprint density at radius 3 is 2.35 bits per heavy atom. The Bertz CT molecular complexity index is 1700. The number of aliphatic hydroxyl groups is 5. The van der Waals surface area contributed by atoms with Gasteiger partial charge in [0.15, 0.2) is 12.4 Å². The zero-order valence-corrected chi connectivity index (χ0v) is 34.4. The number of carbonyl (C=O) groups excluding carboxylic acids is 2. The molecule has 6 unspecified atom stereocenters. The second kappa shape index (κ2) is 21.1. The van der Waals surface area contributed by atoms with Gasteiger partial charge >= 0.3 is 5.97 Å². The summed E-state index contributed by atoms with van der Waals surface area (Å²) in [5.41, 5.74) is 7.11. The van der Waals surface area contributed by atoms with E-state index >= 15 is 0 Å². The highest BCUT2D eigenvalue weighted by Gasteiger charge is 2.53. The summed E-state index contributed by atoms with van der Waals surface area (Å²) >= 11 is 0. The average Bonchev–Trinajstić information content (AvgIpc) is 3.74. The number of Topliss-reactive ketones (excluding diaryl/α,β-unsaturated/α-hetero) is 1. The summed E-state index contributed by atoms with van der Waals surface area (Å²) in [4.78, 5) is 39.4. The summed E-state index contributed by atoms with van der Waals surface area (Å²) in [5, 5.41) is 76.7. The van der Waals surface area contributed by atoms with Crippen LogP contribution in [0.4, 0.5) is 0 Å². The number of aromatic nitrogens is 3. The molecule has 60 heavy (non-hydrogen) atoms. The molecule has 1 amide bonds. The van der Waals surface area contributed by atoms with Crippen LogP contribution in [0.25, 0.3) is 11.3 Å². The van der Waals surface area contributed by atoms with Gasteiger partial charge in [0, 0.05) is 24.8 Å². The Kier molecular flexibility index (Phi) is 16.2. The summed E-state index contributed by atoms with van der Waals surface area (Å²) in [6.45, 7) is 2.55. The molecule has 6 rings (SSSR count). The van der Waals surface area contributed by atoms with Gasteiger partial charge in [-0.3, -0.25) is 9.59 Å². The number of ketones is 1. The molecule has 0 bridgehead atoms. The number of aliphatic carboxylic acids is 1. The second-order valence-corrected chi connectivity index (χ2v) is 17.2. The van der Waals surface area contributed by atoms with Crippen molar-refractivity contribution in [3.8, 4) is 11.3 Å². The largest absolute Gasteiger partial charge is 0.479 e. The molecule has 2 aromatic rings. The number of carbonyl (C=O) groups is 3. The van der Waals surface area contributed by atoms with Crippen LogP contribution in [0.15, 0.2) is 36.5 Å². The van der Waals surface area contributed by atoms with E-state index in [4.69, 9.17) is 24.7 Å². The van der Waals surface area contributed by atoms with E-state index in [0.717, 1.165) is 37.7 Å². The van der Waals surface area contributed by atoms with Crippen LogP contribution in [-0.4, -0.2) is 150 Å². The number of carboxylic acids is 1. The Morgan fingerprint density at radius 1 is 0.950 bits per heavy atom. The van der Waals surface area contributed by atoms with Crippen LogP contribution in [0, 0.1) is 17.8 Å². The van der Waals surface area contributed by atoms with E-state index in [1.165, 1.54) is 6.92 Å². The second-order valence-electron chi connectivity index (χ2n) is 17.2. The number of hydrogen-bond acceptors (Lipinski definition) is 15. The van der Waals surface area contributed by atoms with Crippen molar-refractivity contribution in [2.75, 3.05) is 13.2 Å². The molecule has 18 nitrogen and oxygen atoms in total. The highest BCUT2D eigenvalue weighted by molar-refractivity contribution is 5.81. The van der Waals surface area contributed by atoms with Crippen molar-refractivity contribution >= 4 is 17.7 Å². The molecule has 15 atom stereocenters. The maximum absolute atomic E-state index is 13.9. The maximum atomic E-state index is 13.9. The fraction of sp³-hybridized carbons (Fsp3) is 0.738. The van der Waals surface area contributed by atoms with Crippen molar-refractivity contribution in [2.24, 2.45) is 23.5 Å². The Balaban J connectivity index is 1.39. The normalized spacial score (nSPS) is 35.7. The molecule has 0 radical (unpaired) electrons. The van der Waals surface area contributed by atoms with Crippen molar-refractivity contribution in [3.63, 3.8) is 0 Å². The lowest BCUT2D eigenvalue weighted by atomic mass is 9.77. The minimum Gasteiger partial charge on any atom is -0.479 e. The maximum Gasteiger partial charge on any atom is 0.332 e. The van der Waals surface area contributed by atoms with Crippen LogP contribution < -0.4 is 11.1 Å². The first kappa shape index (κ1) is 46.1. The molecule has 4 fully saturated rings. The van der Waals surface area contributed by atoms with Crippen molar-refractivity contribution in [1.29, 1.82) is 0 Å². The Labute approximate surface area is 349 Å². The number of nitrogens with one attached hydrogen (secondary N) is 1. The van der Waals surface area contributed by atoms with E-state index in [2.05, 4.69) is 15.6 Å². The van der Waals surface area contributed by atoms with Gasteiger partial charge in [-0.25, -0.2) is 9.48 Å². The molecule has 9 N–H and O–H groups in total. The molecule has 1 aromatic heterocycles. The number of nitrogens with two attached hydrogens (primary N) is 1. The number of benzene rings is 1. The summed E-state index contributed by atoms with van der Waals surface area (Å²) in [6, 6.07) is 7.26. The molecule has 18 heteroatoms. The van der Waals surface area contributed by atoms with E-state index in [0.29, 0.717) is 18.7 Å². The van der Waals surface area contributed by atoms with Crippen molar-refractivity contribution < 1.29 is 64.0 Å². The first-order valence-corrected chi connectivity index (χ1v) is 21.4. The van der Waals surface area contributed by atoms with Gasteiger partial charge in [-0.05, 0) is 50.5 Å². The van der Waals surface area contributed by atoms with E-state index in [1.54, 1.807) is 17.8 Å². The van der Waals surface area contributed by atoms with Crippen LogP contribution in [-0.2, 0) is 33.3 Å². The Morgan fingerprint density at radius 2 is 1.68 bits per heavy atom. The minimum atomic E-state index is -1.59. The number of carboxylic acid groups (broad SMARTS) is 1. The van der Waals surface area contributed by atoms with E-state index in [9.17, 15) is 45.0 Å². The molecule has 1 aliphatic heterocycles. The van der Waals surface area contributed by atoms with Gasteiger partial charge in [0.05, 0.1) is 37.2 Å². The highest BCUT2D eigenvalue weighted by Crippen LogP contribution is 2.42. The molecular weight excluding hydrogens is 782 g/mol. The highest BCUT2D eigenvalue weighted by atomic mass is 16.7. The molecule has 4 aliphatic rings. The third-order valence-electron chi connectivity index (χ3n) is 12.8. The molecule has 3 saturated carbocycles. The molecule has 334 valence electrons. The van der Waals surface area contributed by atoms with Crippen molar-refractivity contribution in [2.45, 2.75) is 164 Å². The molecular formula is C42H63N5O13. The number of amides is 1. The predicted molar refractivity (Wildman–Crippen MR) is 213 cm³/mol. The van der Waals surface area contributed by atoms with Gasteiger partial charge < -0.3 is 60.6 Å². The number of hydrogen-bond donors (Lipinski definition) is 8. The van der Waals surface area contributed by atoms with Gasteiger partial charge in [-0.15, -0.1) is 5.10 Å². The summed E-state index contributed by atoms with van der Waals surface area (Å²) in [5.74, 6) is -2.92. The monoisotopic (exact) mass is 845 g/mol. The lowest BCUT2D eigenvalue weighted by molar-refractivity contribution is -0.310. The van der Waals surface area contributed by atoms with E-state index in [1.807, 2.05) is 30.3 Å². The van der Waals surface area contributed by atoms with Crippen LogP contribution >= 0.6 is 0 Å². The fourth-order valence-corrected chi connectivity index (χ4v) is 9.46. The quantitative estimate of drug-likeness (QED) is 0.110. The lowest BCUT2D eigenvalue weighted by Gasteiger charge is -2.49. The van der Waals surface area contributed by atoms with E-state index < -0.39 is 110 Å². The molecule has 1 aromatic carbocycles. The first-order valence-electron chi connectivity index (χ1n) is 21.4. The summed E-state index contributed by atoms with van der Waals surface area (Å²) < 4.78 is 27.5. The minimum absolute atomic E-state index is 0.0539. The van der Waals surface area contributed by atoms with Gasteiger partial charge in [0.1, 0.15) is 54.1 Å². The summed E-state index contributed by atoms with van der Waals surface area (Å²) in [6.07, 6.45) is -6.95. The van der Waals surface area contributed by atoms with E-state index in [-0.39, 0.29) is 43.8 Å². The lowest BCUT2D eigenvalue weighted by Crippen LogP contribution is -2.67. The van der Waals surface area contributed by atoms with Crippen LogP contribution in [0.2, 0.25) is 0 Å². The number of rotatable bonds is 17. The molecule has 3 aliphatic carbocycles. The fourth-order valence-electron chi connectivity index (χ4n) is 9.46. The zero-order chi connectivity index (χ0) is 43.1. The SMILES string of the molecule is CC(=O)NC1C(O[C@@H](CC2CCCCC2)C(=O)O)[C@@H](O)[C@H](CO)O[C@H]1O[C@@H]1CC(C(=O)CCCN)CC(n2cc(-c3ccccc3)nn2)[C@H]1O[C@@H]1CC(C)[C@@H](O)[C@H](O)C1O. The zero-order valence-electron chi connectivity index (χ0n) is 34.4. The van der Waals surface area contributed by atoms with Gasteiger partial charge in [0.2, 0.25) is 5.91 Å². The topological polar surface area (TPSA) is 278 Å². The third kappa shape index (κ3) is 11.0. The third-order valence-corrected chi connectivity index (χ3v) is 12.8. The van der Waals surface area contributed by atoms with Crippen molar-refractivity contribution in [3.05, 3.63) is 36.5 Å². The Hall–Kier alpha value is -3.43. The predicted octanol–water partition coefficient (Wildman–Crippen LogP) is 0.857. The number of nitrogens with zero attached hydrogens (tertiary/aromatic N) is 3. The summed E-state index contributed by atoms with van der Waals surface area (Å²) in [7, 11) is 0. The molecule has 0 spiro atoms. The molecule has 2 heterocycles. The van der Waals surface area contributed by atoms with Gasteiger partial charge in [-0.2, -0.15) is 0 Å². The van der Waals surface area contributed by atoms with Crippen LogP contribution in [0.3, 0.4) is 0 Å². The molecule has 1 saturated heterocycles. The van der Waals surface area contributed by atoms with Gasteiger partial charge in [0.25, 0.3) is 0 Å². The standard InChI is InChI=1S/C42H63N5O13/c1-22-16-30(36(52)38(54)35(22)51)57-39-28(47-20-27(45-46-47)25-12-7-4-8-13-25)18-26(29(50)14-9-15-43)19-31(39)59-42-34(44-23(2)49)40(37(53)33(21-48)60-42)58-32(41(55)56)17-24-10-5-3-6-11-24/h4,7-8,12-13,20,22,24,26,28,30-40,42,48,51-54H,3,5-6,9-11,14-19,21,43H2,1-2H3,(H,44,49)(H,55,56)/t22?,26?,28?,30-,31-,32+,33+,34?,35-,36?,37+,38+,39-,40?,42-/m1/s1. The van der Waals surface area contributed by atoms with Gasteiger partial charge in [-0.1, -0.05) is 74.6 Å².